The predicted molar refractivity (Wildman–Crippen MR) is 70.9 cm³/mol. The highest BCUT2D eigenvalue weighted by atomic mass is 16.5. The number of hydrogen-bond donors (Lipinski definition) is 1. The molecular weight excluding hydrogens is 262 g/mol. The minimum absolute atomic E-state index is 0.401. The zero-order valence-electron chi connectivity index (χ0n) is 11.6. The number of amides is 1. The molecule has 1 N–H and O–H groups in total. The van der Waals surface area contributed by atoms with E-state index in [0.29, 0.717) is 5.56 Å². The Kier molecular flexibility index (Phi) is 5.71. The average Bonchev–Trinajstić information content (AvgIpc) is 2.46. The average molecular weight is 279 g/mol. The number of hydrogen-bond acceptors (Lipinski definition) is 5. The van der Waals surface area contributed by atoms with Gasteiger partial charge in [0.05, 0.1) is 20.3 Å². The molecule has 0 heterocycles. The molecule has 1 aromatic rings. The highest BCUT2D eigenvalue weighted by Crippen LogP contribution is 2.24. The predicted octanol–water partition coefficient (Wildman–Crippen LogP) is 1.46. The zero-order chi connectivity index (χ0) is 15.1. The second kappa shape index (κ2) is 7.28. The van der Waals surface area contributed by atoms with Gasteiger partial charge < -0.3 is 14.8 Å². The molecule has 20 heavy (non-hydrogen) atoms. The Balaban J connectivity index is 3.17. The molecule has 0 saturated carbocycles. The lowest BCUT2D eigenvalue weighted by Gasteiger charge is -2.24. The van der Waals surface area contributed by atoms with Gasteiger partial charge in [-0.15, -0.1) is 0 Å². The molecule has 2 atom stereocenters. The van der Waals surface area contributed by atoms with Crippen LogP contribution in [-0.4, -0.2) is 32.1 Å². The first kappa shape index (κ1) is 15.7. The number of carbonyl (C=O) groups is 3. The Hall–Kier alpha value is -2.37. The number of benzene rings is 1. The third-order valence-electron chi connectivity index (χ3n) is 2.84. The van der Waals surface area contributed by atoms with E-state index in [1.54, 1.807) is 30.3 Å². The lowest BCUT2D eigenvalue weighted by atomic mass is 9.90. The van der Waals surface area contributed by atoms with Gasteiger partial charge in [0.2, 0.25) is 0 Å². The summed E-state index contributed by atoms with van der Waals surface area (Å²) < 4.78 is 9.17. The van der Waals surface area contributed by atoms with Crippen LogP contribution in [0, 0.1) is 5.92 Å². The summed E-state index contributed by atoms with van der Waals surface area (Å²) in [6, 6.07) is 7.86. The smallest absolute Gasteiger partial charge is 0.407 e. The van der Waals surface area contributed by atoms with Crippen LogP contribution in [0.4, 0.5) is 4.79 Å². The van der Waals surface area contributed by atoms with Crippen molar-refractivity contribution in [3.05, 3.63) is 35.9 Å². The lowest BCUT2D eigenvalue weighted by molar-refractivity contribution is -0.150. The van der Waals surface area contributed by atoms with Crippen LogP contribution in [0.3, 0.4) is 0 Å². The van der Waals surface area contributed by atoms with Gasteiger partial charge in [-0.3, -0.25) is 9.59 Å². The second-order valence-electron chi connectivity index (χ2n) is 4.14. The summed E-state index contributed by atoms with van der Waals surface area (Å²) in [5.41, 5.74) is 0.614. The number of alkyl carbamates (subject to hydrolysis) is 1. The van der Waals surface area contributed by atoms with Crippen molar-refractivity contribution in [2.45, 2.75) is 13.0 Å². The van der Waals surface area contributed by atoms with E-state index in [1.807, 2.05) is 0 Å². The highest BCUT2D eigenvalue weighted by Gasteiger charge is 2.35. The number of nitrogens with one attached hydrogen (secondary N) is 1. The third kappa shape index (κ3) is 3.81. The van der Waals surface area contributed by atoms with Crippen LogP contribution in [0.1, 0.15) is 18.5 Å². The Labute approximate surface area is 117 Å². The maximum absolute atomic E-state index is 11.8. The molecule has 6 heteroatoms. The molecular formula is C14H17NO5. The van der Waals surface area contributed by atoms with Crippen molar-refractivity contribution in [1.29, 1.82) is 0 Å². The minimum Gasteiger partial charge on any atom is -0.468 e. The van der Waals surface area contributed by atoms with Gasteiger partial charge in [0.15, 0.2) is 0 Å². The highest BCUT2D eigenvalue weighted by molar-refractivity contribution is 5.99. The van der Waals surface area contributed by atoms with E-state index in [-0.39, 0.29) is 0 Å². The summed E-state index contributed by atoms with van der Waals surface area (Å²) in [7, 11) is 2.40. The summed E-state index contributed by atoms with van der Waals surface area (Å²) in [6.07, 6.45) is -0.728. The van der Waals surface area contributed by atoms with E-state index in [2.05, 4.69) is 14.8 Å². The maximum atomic E-state index is 11.8. The fourth-order valence-electron chi connectivity index (χ4n) is 1.87. The molecule has 0 radical (unpaired) electrons. The number of Topliss-reactive ketones (excluding diaryl/α,β-unsaturated/α-hetero) is 1. The Morgan fingerprint density at radius 1 is 1.05 bits per heavy atom. The number of ketones is 1. The molecule has 0 unspecified atom stereocenters. The molecule has 0 aliphatic heterocycles. The molecule has 0 aromatic heterocycles. The molecule has 6 nitrogen and oxygen atoms in total. The van der Waals surface area contributed by atoms with Crippen molar-refractivity contribution in [2.24, 2.45) is 5.92 Å². The molecule has 1 amide bonds. The number of ether oxygens (including phenoxy) is 2. The van der Waals surface area contributed by atoms with Crippen LogP contribution in [0.15, 0.2) is 30.3 Å². The largest absolute Gasteiger partial charge is 0.468 e. The van der Waals surface area contributed by atoms with Crippen molar-refractivity contribution in [1.82, 2.24) is 5.32 Å². The third-order valence-corrected chi connectivity index (χ3v) is 2.84. The minimum atomic E-state index is -1.12. The van der Waals surface area contributed by atoms with Gasteiger partial charge in [0, 0.05) is 0 Å². The molecule has 1 rings (SSSR count). The van der Waals surface area contributed by atoms with Crippen LogP contribution in [-0.2, 0) is 19.1 Å². The Morgan fingerprint density at radius 2 is 1.65 bits per heavy atom. The first-order chi connectivity index (χ1) is 9.51. The Bertz CT molecular complexity index is 486. The summed E-state index contributed by atoms with van der Waals surface area (Å²) in [6.45, 7) is 1.27. The Morgan fingerprint density at radius 3 is 2.10 bits per heavy atom. The zero-order valence-corrected chi connectivity index (χ0v) is 11.6. The van der Waals surface area contributed by atoms with Crippen LogP contribution in [0.2, 0.25) is 0 Å². The summed E-state index contributed by atoms with van der Waals surface area (Å²) in [4.78, 5) is 35.0. The topological polar surface area (TPSA) is 81.7 Å². The number of carbonyl (C=O) groups excluding carboxylic acids is 3. The fourth-order valence-corrected chi connectivity index (χ4v) is 1.87. The van der Waals surface area contributed by atoms with Gasteiger partial charge in [-0.2, -0.15) is 0 Å². The SMILES string of the molecule is COC(=O)N[C@@H](c1ccccc1)[C@@H](C(C)=O)C(=O)OC. The van der Waals surface area contributed by atoms with Gasteiger partial charge in [0.1, 0.15) is 11.7 Å². The van der Waals surface area contributed by atoms with Crippen molar-refractivity contribution < 1.29 is 23.9 Å². The van der Waals surface area contributed by atoms with Gasteiger partial charge in [0.25, 0.3) is 0 Å². The van der Waals surface area contributed by atoms with Crippen molar-refractivity contribution in [3.63, 3.8) is 0 Å². The fraction of sp³-hybridized carbons (Fsp3) is 0.357. The van der Waals surface area contributed by atoms with Crippen LogP contribution in [0.25, 0.3) is 0 Å². The number of rotatable bonds is 5. The first-order valence-corrected chi connectivity index (χ1v) is 5.99. The molecule has 0 spiro atoms. The van der Waals surface area contributed by atoms with E-state index >= 15 is 0 Å². The summed E-state index contributed by atoms with van der Waals surface area (Å²) in [5.74, 6) is -2.23. The molecule has 0 fully saturated rings. The van der Waals surface area contributed by atoms with E-state index in [4.69, 9.17) is 0 Å². The van der Waals surface area contributed by atoms with E-state index in [1.165, 1.54) is 21.1 Å². The normalized spacial score (nSPS) is 12.9. The van der Waals surface area contributed by atoms with Crippen molar-refractivity contribution in [3.8, 4) is 0 Å². The maximum Gasteiger partial charge on any atom is 0.407 e. The lowest BCUT2D eigenvalue weighted by Crippen LogP contribution is -2.40. The van der Waals surface area contributed by atoms with Gasteiger partial charge in [-0.25, -0.2) is 4.79 Å². The molecule has 108 valence electrons. The quantitative estimate of drug-likeness (QED) is 0.652. The second-order valence-corrected chi connectivity index (χ2v) is 4.14. The standard InChI is InChI=1S/C14H17NO5/c1-9(16)11(13(17)19-2)12(15-14(18)20-3)10-7-5-4-6-8-10/h4-8,11-12H,1-3H3,(H,15,18)/t11-,12+/m1/s1. The summed E-state index contributed by atoms with van der Waals surface area (Å²) in [5, 5.41) is 2.50. The number of methoxy groups -OCH3 is 2. The van der Waals surface area contributed by atoms with Crippen LogP contribution in [0.5, 0.6) is 0 Å². The monoisotopic (exact) mass is 279 g/mol. The van der Waals surface area contributed by atoms with Gasteiger partial charge in [-0.1, -0.05) is 30.3 Å². The van der Waals surface area contributed by atoms with Crippen molar-refractivity contribution >= 4 is 17.8 Å². The van der Waals surface area contributed by atoms with Crippen molar-refractivity contribution in [2.75, 3.05) is 14.2 Å². The molecule has 0 saturated heterocycles. The number of esters is 1. The molecule has 0 aliphatic carbocycles. The molecule has 0 bridgehead atoms. The molecule has 0 aliphatic rings. The molecule has 1 aromatic carbocycles. The van der Waals surface area contributed by atoms with Gasteiger partial charge >= 0.3 is 12.1 Å². The van der Waals surface area contributed by atoms with E-state index in [9.17, 15) is 14.4 Å². The van der Waals surface area contributed by atoms with E-state index in [0.717, 1.165) is 0 Å². The van der Waals surface area contributed by atoms with Crippen LogP contribution < -0.4 is 5.32 Å². The first-order valence-electron chi connectivity index (χ1n) is 5.99. The summed E-state index contributed by atoms with van der Waals surface area (Å²) >= 11 is 0. The van der Waals surface area contributed by atoms with Gasteiger partial charge in [-0.05, 0) is 12.5 Å². The van der Waals surface area contributed by atoms with Crippen LogP contribution >= 0.6 is 0 Å². The van der Waals surface area contributed by atoms with E-state index < -0.39 is 29.8 Å².